The van der Waals surface area contributed by atoms with E-state index in [9.17, 15) is 28.8 Å². The van der Waals surface area contributed by atoms with Crippen LogP contribution in [0.1, 0.15) is 73.1 Å². The number of amides is 5. The van der Waals surface area contributed by atoms with E-state index in [1.54, 1.807) is 40.7 Å². The van der Waals surface area contributed by atoms with Gasteiger partial charge < -0.3 is 26.2 Å². The van der Waals surface area contributed by atoms with E-state index in [4.69, 9.17) is 0 Å². The van der Waals surface area contributed by atoms with Crippen molar-refractivity contribution >= 4 is 41.0 Å². The van der Waals surface area contributed by atoms with Gasteiger partial charge in [-0.05, 0) is 50.5 Å². The monoisotopic (exact) mass is 586 g/mol. The van der Waals surface area contributed by atoms with Crippen molar-refractivity contribution in [1.29, 1.82) is 0 Å². The number of likely N-dealkylation sites (tertiary alicyclic amines) is 1. The molecule has 5 amide bonds. The third kappa shape index (κ3) is 9.63. The molecule has 1 saturated carbocycles. The minimum Gasteiger partial charge on any atom is -0.350 e. The van der Waals surface area contributed by atoms with Gasteiger partial charge in [0.05, 0.1) is 12.6 Å². The van der Waals surface area contributed by atoms with Crippen LogP contribution in [-0.4, -0.2) is 83.7 Å². The number of allylic oxidation sites excluding steroid dienone is 1. The summed E-state index contributed by atoms with van der Waals surface area (Å²) in [5.74, 6) is -3.28. The van der Waals surface area contributed by atoms with E-state index in [0.29, 0.717) is 32.4 Å². The molecule has 0 radical (unpaired) electrons. The lowest BCUT2D eigenvalue weighted by Gasteiger charge is -2.36. The van der Waals surface area contributed by atoms with Crippen molar-refractivity contribution in [1.82, 2.24) is 26.2 Å². The summed E-state index contributed by atoms with van der Waals surface area (Å²) in [6, 6.07) is -2.80. The number of aliphatic imine (C=N–C) groups is 1. The summed E-state index contributed by atoms with van der Waals surface area (Å²) in [5, 5.41) is 10.5. The quantitative estimate of drug-likeness (QED) is 0.176. The van der Waals surface area contributed by atoms with Crippen molar-refractivity contribution in [3.63, 3.8) is 0 Å². The van der Waals surface area contributed by atoms with Gasteiger partial charge in [0.15, 0.2) is 0 Å². The minimum atomic E-state index is -0.992. The first kappa shape index (κ1) is 34.4. The van der Waals surface area contributed by atoms with Gasteiger partial charge in [-0.1, -0.05) is 52.7 Å². The van der Waals surface area contributed by atoms with Crippen LogP contribution < -0.4 is 21.3 Å². The highest BCUT2D eigenvalue weighted by molar-refractivity contribution is 6.43. The van der Waals surface area contributed by atoms with Gasteiger partial charge in [-0.3, -0.25) is 33.8 Å². The van der Waals surface area contributed by atoms with E-state index >= 15 is 0 Å². The van der Waals surface area contributed by atoms with Crippen LogP contribution in [0.2, 0.25) is 0 Å². The van der Waals surface area contributed by atoms with E-state index in [-0.39, 0.29) is 11.6 Å². The Hall–Kier alpha value is -3.83. The summed E-state index contributed by atoms with van der Waals surface area (Å²) >= 11 is 0. The molecule has 2 rings (SSSR count). The van der Waals surface area contributed by atoms with E-state index < -0.39 is 65.4 Å². The SMILES string of the molecule is C=CC(=N/C=C\C)C(=O)NCC(=O)NC(C(=O)N1CCCC1C(=O)NC(CC1CCC1)C(=O)C(=O)NCC)C(C)(C)C. The summed E-state index contributed by atoms with van der Waals surface area (Å²) in [6.45, 7) is 12.6. The van der Waals surface area contributed by atoms with Crippen LogP contribution in [0.15, 0.2) is 29.9 Å². The zero-order chi connectivity index (χ0) is 31.4. The lowest BCUT2D eigenvalue weighted by Crippen LogP contribution is -2.59. The van der Waals surface area contributed by atoms with Crippen molar-refractivity contribution in [2.45, 2.75) is 91.3 Å². The number of Topliss-reactive ketones (excluding diaryl/α,β-unsaturated/α-hetero) is 1. The third-order valence-corrected chi connectivity index (χ3v) is 7.44. The molecule has 0 aromatic carbocycles. The number of likely N-dealkylation sites (N-methyl/N-ethyl adjacent to an activating group) is 1. The van der Waals surface area contributed by atoms with Crippen LogP contribution in [-0.2, 0) is 28.8 Å². The molecule has 0 aromatic rings. The van der Waals surface area contributed by atoms with Gasteiger partial charge in [-0.15, -0.1) is 0 Å². The number of hydrogen-bond donors (Lipinski definition) is 4. The second kappa shape index (κ2) is 16.0. The zero-order valence-electron chi connectivity index (χ0n) is 25.5. The first-order chi connectivity index (χ1) is 19.8. The molecule has 1 aliphatic heterocycles. The molecule has 2 aliphatic rings. The van der Waals surface area contributed by atoms with Gasteiger partial charge in [0.2, 0.25) is 23.5 Å². The average molecular weight is 587 g/mol. The molecular weight excluding hydrogens is 540 g/mol. The Kier molecular flexibility index (Phi) is 13.1. The van der Waals surface area contributed by atoms with E-state index in [1.807, 2.05) is 0 Å². The van der Waals surface area contributed by atoms with E-state index in [0.717, 1.165) is 19.3 Å². The second-order valence-corrected chi connectivity index (χ2v) is 11.8. The number of carbonyl (C=O) groups excluding carboxylic acids is 6. The molecule has 0 bridgehead atoms. The normalized spacial score (nSPS) is 18.9. The second-order valence-electron chi connectivity index (χ2n) is 11.8. The Balaban J connectivity index is 2.12. The Labute approximate surface area is 248 Å². The molecule has 1 saturated heterocycles. The molecule has 232 valence electrons. The highest BCUT2D eigenvalue weighted by atomic mass is 16.2. The lowest BCUT2D eigenvalue weighted by atomic mass is 9.80. The third-order valence-electron chi connectivity index (χ3n) is 7.44. The Bertz CT molecular complexity index is 1100. The number of nitrogens with one attached hydrogen (secondary N) is 4. The summed E-state index contributed by atoms with van der Waals surface area (Å²) in [5.41, 5.74) is -0.683. The fourth-order valence-electron chi connectivity index (χ4n) is 4.91. The molecule has 0 spiro atoms. The molecule has 3 unspecified atom stereocenters. The highest BCUT2D eigenvalue weighted by Crippen LogP contribution is 2.31. The van der Waals surface area contributed by atoms with Gasteiger partial charge in [-0.25, -0.2) is 0 Å². The first-order valence-electron chi connectivity index (χ1n) is 14.7. The molecule has 4 N–H and O–H groups in total. The van der Waals surface area contributed by atoms with Crippen molar-refractivity contribution in [3.05, 3.63) is 24.9 Å². The topological polar surface area (TPSA) is 166 Å². The maximum atomic E-state index is 13.8. The van der Waals surface area contributed by atoms with Crippen LogP contribution in [0.3, 0.4) is 0 Å². The zero-order valence-corrected chi connectivity index (χ0v) is 25.5. The Morgan fingerprint density at radius 3 is 2.24 bits per heavy atom. The highest BCUT2D eigenvalue weighted by Gasteiger charge is 2.43. The smallest absolute Gasteiger partial charge is 0.289 e. The molecule has 1 aliphatic carbocycles. The van der Waals surface area contributed by atoms with Crippen molar-refractivity contribution in [3.8, 4) is 0 Å². The Morgan fingerprint density at radius 1 is 1.00 bits per heavy atom. The number of ketones is 1. The summed E-state index contributed by atoms with van der Waals surface area (Å²) in [4.78, 5) is 82.9. The van der Waals surface area contributed by atoms with Gasteiger partial charge in [0, 0.05) is 19.3 Å². The van der Waals surface area contributed by atoms with Crippen molar-refractivity contribution in [2.75, 3.05) is 19.6 Å². The molecule has 12 heteroatoms. The molecule has 0 aromatic heterocycles. The molecule has 3 atom stereocenters. The van der Waals surface area contributed by atoms with Gasteiger partial charge in [-0.2, -0.15) is 0 Å². The van der Waals surface area contributed by atoms with Crippen LogP contribution in [0.4, 0.5) is 0 Å². The maximum Gasteiger partial charge on any atom is 0.289 e. The molecule has 12 nitrogen and oxygen atoms in total. The summed E-state index contributed by atoms with van der Waals surface area (Å²) < 4.78 is 0. The number of hydrogen-bond acceptors (Lipinski definition) is 7. The van der Waals surface area contributed by atoms with Crippen molar-refractivity contribution < 1.29 is 28.8 Å². The fourth-order valence-corrected chi connectivity index (χ4v) is 4.91. The molecule has 1 heterocycles. The maximum absolute atomic E-state index is 13.8. The average Bonchev–Trinajstić information content (AvgIpc) is 3.41. The summed E-state index contributed by atoms with van der Waals surface area (Å²) in [7, 11) is 0. The van der Waals surface area contributed by atoms with Gasteiger partial charge in [0.1, 0.15) is 17.8 Å². The van der Waals surface area contributed by atoms with Gasteiger partial charge >= 0.3 is 0 Å². The van der Waals surface area contributed by atoms with E-state index in [2.05, 4.69) is 32.8 Å². The molecular formula is C30H46N6O6. The van der Waals surface area contributed by atoms with Gasteiger partial charge in [0.25, 0.3) is 11.8 Å². The standard InChI is InChI=1S/C30H46N6O6/c1-7-15-32-20(8-2)26(39)33-18-23(37)35-25(30(4,5)6)29(42)36-16-11-14-22(36)27(40)34-21(17-19-12-10-13-19)24(38)28(41)31-9-3/h7-8,15,19,21-22,25H,2,9-14,16-18H2,1,3-6H3,(H,31,41)(H,33,39)(H,34,40)(H,35,37)/b15-7-,32-20?. The fraction of sp³-hybridized carbons (Fsp3) is 0.633. The minimum absolute atomic E-state index is 0.0385. The van der Waals surface area contributed by atoms with Crippen molar-refractivity contribution in [2.24, 2.45) is 16.3 Å². The number of carbonyl (C=O) groups is 6. The largest absolute Gasteiger partial charge is 0.350 e. The summed E-state index contributed by atoms with van der Waals surface area (Å²) in [6.07, 6.45) is 8.60. The van der Waals surface area contributed by atoms with E-state index in [1.165, 1.54) is 17.2 Å². The molecule has 2 fully saturated rings. The predicted molar refractivity (Wildman–Crippen MR) is 159 cm³/mol. The van der Waals surface area contributed by atoms with Crippen LogP contribution in [0.5, 0.6) is 0 Å². The number of rotatable bonds is 14. The molecule has 42 heavy (non-hydrogen) atoms. The number of nitrogens with zero attached hydrogens (tertiary/aromatic N) is 2. The van der Waals surface area contributed by atoms with Crippen LogP contribution in [0.25, 0.3) is 0 Å². The Morgan fingerprint density at radius 2 is 1.69 bits per heavy atom. The first-order valence-corrected chi connectivity index (χ1v) is 14.7. The predicted octanol–water partition coefficient (Wildman–Crippen LogP) is 1.17. The van der Waals surface area contributed by atoms with Crippen LogP contribution in [0, 0.1) is 11.3 Å². The van der Waals surface area contributed by atoms with Crippen LogP contribution >= 0.6 is 0 Å². The lowest BCUT2D eigenvalue weighted by molar-refractivity contribution is -0.145.